The number of nitro groups is 2. The van der Waals surface area contributed by atoms with Crippen molar-refractivity contribution in [1.29, 1.82) is 0 Å². The first-order chi connectivity index (χ1) is 34.3. The molecule has 0 heterocycles. The van der Waals surface area contributed by atoms with Crippen molar-refractivity contribution in [3.8, 4) is 0 Å². The van der Waals surface area contributed by atoms with Crippen molar-refractivity contribution in [2.45, 2.75) is 116 Å². The van der Waals surface area contributed by atoms with Gasteiger partial charge in [0.05, 0.1) is 27.7 Å². The largest absolute Gasteiger partial charge is 0.500 e. The van der Waals surface area contributed by atoms with Gasteiger partial charge in [0, 0.05) is 76.5 Å². The second-order valence-electron chi connectivity index (χ2n) is 21.0. The highest BCUT2D eigenvalue weighted by atomic mass is 32.2. The quantitative estimate of drug-likeness (QED) is 0.0390. The zero-order chi connectivity index (χ0) is 52.0. The highest BCUT2D eigenvalue weighted by Gasteiger charge is 2.67. The Morgan fingerprint density at radius 2 is 1.49 bits per heavy atom. The van der Waals surface area contributed by atoms with E-state index >= 15 is 0 Å². The maximum absolute atomic E-state index is 14.2. The monoisotopic (exact) mass is 1040 g/mol. The number of non-ortho nitro benzene ring substituents is 2. The van der Waals surface area contributed by atoms with Gasteiger partial charge < -0.3 is 32.8 Å². The molecule has 0 saturated heterocycles. The minimum Gasteiger partial charge on any atom is -0.446 e. The Morgan fingerprint density at radius 3 is 2.17 bits per heavy atom. The maximum atomic E-state index is 14.2. The number of hydrogen-bond donors (Lipinski definition) is 3. The van der Waals surface area contributed by atoms with Crippen LogP contribution in [0.2, 0.25) is 6.04 Å². The molecule has 0 spiro atoms. The third-order valence-electron chi connectivity index (χ3n) is 17.3. The second kappa shape index (κ2) is 23.6. The lowest BCUT2D eigenvalue weighted by Gasteiger charge is -2.64. The molecule has 0 aliphatic heterocycles. The molecule has 3 aromatic rings. The molecule has 3 amide bonds. The number of aliphatic hydroxyl groups excluding tert-OH is 1. The molecule has 3 aromatic carbocycles. The number of benzene rings is 3. The Hall–Kier alpha value is -4.86. The zero-order valence-electron chi connectivity index (χ0n) is 42.7. The van der Waals surface area contributed by atoms with Gasteiger partial charge in [-0.05, 0) is 134 Å². The van der Waals surface area contributed by atoms with E-state index in [-0.39, 0.29) is 52.5 Å². The van der Waals surface area contributed by atoms with E-state index in [9.17, 15) is 39.7 Å². The van der Waals surface area contributed by atoms with Crippen molar-refractivity contribution in [3.63, 3.8) is 0 Å². The van der Waals surface area contributed by atoms with Crippen LogP contribution < -0.4 is 10.6 Å². The fourth-order valence-corrected chi connectivity index (χ4v) is 16.3. The van der Waals surface area contributed by atoms with Crippen LogP contribution in [0.15, 0.2) is 60.7 Å². The van der Waals surface area contributed by atoms with Crippen LogP contribution in [0, 0.1) is 66.6 Å². The Balaban J connectivity index is 1.10. The van der Waals surface area contributed by atoms with E-state index < -0.39 is 65.9 Å². The van der Waals surface area contributed by atoms with Crippen LogP contribution in [0.4, 0.5) is 32.3 Å². The molecule has 4 aliphatic carbocycles. The fraction of sp³-hybridized carbons (Fsp3) is 0.635. The zero-order valence-corrected chi connectivity index (χ0v) is 44.5. The van der Waals surface area contributed by atoms with Crippen LogP contribution in [0.5, 0.6) is 0 Å². The van der Waals surface area contributed by atoms with Gasteiger partial charge in [-0.3, -0.25) is 35.7 Å². The molecule has 0 radical (unpaired) electrons. The first kappa shape index (κ1) is 54.9. The van der Waals surface area contributed by atoms with Gasteiger partial charge in [0.25, 0.3) is 11.4 Å². The molecule has 394 valence electrons. The number of thioether (sulfide) groups is 1. The molecule has 72 heavy (non-hydrogen) atoms. The van der Waals surface area contributed by atoms with Crippen LogP contribution in [0.1, 0.15) is 91.4 Å². The van der Waals surface area contributed by atoms with E-state index in [4.69, 9.17) is 22.8 Å². The molecule has 7 rings (SSSR count). The number of carbonyl (C=O) groups is 3. The molecule has 20 heteroatoms. The minimum atomic E-state index is -2.60. The van der Waals surface area contributed by atoms with E-state index in [2.05, 4.69) is 31.4 Å². The number of carbonyl (C=O) groups excluding carboxylic acids is 3. The molecular formula is C52H73N5O13SSi. The van der Waals surface area contributed by atoms with Crippen molar-refractivity contribution < 1.29 is 52.1 Å². The Labute approximate surface area is 427 Å². The topological polar surface area (TPSA) is 231 Å². The van der Waals surface area contributed by atoms with Gasteiger partial charge in [-0.25, -0.2) is 9.59 Å². The van der Waals surface area contributed by atoms with Crippen molar-refractivity contribution in [2.24, 2.45) is 46.3 Å². The molecule has 4 fully saturated rings. The lowest BCUT2D eigenvalue weighted by atomic mass is 9.43. The normalized spacial score (nSPS) is 28.2. The predicted octanol–water partition coefficient (Wildman–Crippen LogP) is 10.7. The third kappa shape index (κ3) is 12.0. The van der Waals surface area contributed by atoms with Gasteiger partial charge in [-0.15, -0.1) is 0 Å². The number of fused-ring (bicyclic) bond motifs is 6. The minimum absolute atomic E-state index is 0.0115. The van der Waals surface area contributed by atoms with E-state index in [1.165, 1.54) is 0 Å². The molecule has 1 unspecified atom stereocenters. The van der Waals surface area contributed by atoms with E-state index in [1.807, 2.05) is 61.3 Å². The van der Waals surface area contributed by atoms with Crippen LogP contribution >= 0.6 is 11.8 Å². The van der Waals surface area contributed by atoms with Crippen LogP contribution in [-0.2, 0) is 27.5 Å². The van der Waals surface area contributed by atoms with Crippen LogP contribution in [-0.4, -0.2) is 111 Å². The summed E-state index contributed by atoms with van der Waals surface area (Å²) >= 11 is 1.83. The van der Waals surface area contributed by atoms with E-state index in [0.717, 1.165) is 78.6 Å². The summed E-state index contributed by atoms with van der Waals surface area (Å²) in [6.07, 6.45) is 3.98. The number of hydrogen-bond acceptors (Lipinski definition) is 14. The number of ether oxygens (including phenoxy) is 2. The molecule has 18 nitrogen and oxygen atoms in total. The molecular weight excluding hydrogens is 963 g/mol. The third-order valence-corrected chi connectivity index (χ3v) is 21.3. The summed E-state index contributed by atoms with van der Waals surface area (Å²) in [5, 5.41) is 42.2. The number of nitrogens with zero attached hydrogens (tertiary/aromatic N) is 3. The SMILES string of the molecule is CO[Si](CCCSCCCN(C)C(=O)CC[C@@H](C)[C@H]1CC[C@H]2[C@@H]3[C@H](OC(=O)Nc4ccc5ccccc5c4)CC4C[C@H](O)CC[C@]4(C)[C@H]3C[C@H](OC(=O)Nc3cc([N+](=O)[O-])cc([N+](=O)[O-])c3)[C@]12C)(OC)OC. The lowest BCUT2D eigenvalue weighted by molar-refractivity contribution is -0.394. The number of rotatable bonds is 21. The molecule has 4 saturated carbocycles. The van der Waals surface area contributed by atoms with Gasteiger partial charge in [-0.2, -0.15) is 11.8 Å². The average Bonchev–Trinajstić information content (AvgIpc) is 3.72. The first-order valence-electron chi connectivity index (χ1n) is 25.4. The number of amides is 3. The standard InChI is InChI=1S/C52H73N5O13SSi/c1-33(14-19-47(59)55(4)22-10-23-71-24-11-25-72(66-5,67-6)68-7)42-17-18-43-48-44(32-46(52(42,43)3)70-50(61)54-38-29-39(56(62)63)31-40(30-38)57(64)65)51(2)21-20-41(58)27-36(51)28-45(48)69-49(60)53-37-16-15-34-12-8-9-13-35(34)26-37/h8-9,12-13,15-16,26,29-31,33,36,41-46,48,58H,10-11,14,17-25,27-28,32H2,1-7H3,(H,53,60)(H,54,61)/t33-,36?,41-,42-,43+,44+,45-,46+,48+,51+,52-/m1/s1. The Morgan fingerprint density at radius 1 is 0.833 bits per heavy atom. The highest BCUT2D eigenvalue weighted by Crippen LogP contribution is 2.69. The molecule has 11 atom stereocenters. The fourth-order valence-electron chi connectivity index (χ4n) is 13.4. The van der Waals surface area contributed by atoms with Gasteiger partial charge in [-0.1, -0.05) is 51.1 Å². The Bertz CT molecular complexity index is 2390. The van der Waals surface area contributed by atoms with E-state index in [1.54, 1.807) is 26.2 Å². The summed E-state index contributed by atoms with van der Waals surface area (Å²) in [7, 11) is 4.09. The van der Waals surface area contributed by atoms with E-state index in [0.29, 0.717) is 50.8 Å². The summed E-state index contributed by atoms with van der Waals surface area (Å²) in [5.74, 6) is 1.61. The number of nitrogens with one attached hydrogen (secondary N) is 2. The second-order valence-corrected chi connectivity index (χ2v) is 25.4. The summed E-state index contributed by atoms with van der Waals surface area (Å²) in [6, 6.07) is 17.3. The van der Waals surface area contributed by atoms with Gasteiger partial charge in [0.2, 0.25) is 5.91 Å². The average molecular weight is 1040 g/mol. The molecule has 3 N–H and O–H groups in total. The summed E-state index contributed by atoms with van der Waals surface area (Å²) in [5.41, 5.74) is -1.60. The first-order valence-corrected chi connectivity index (χ1v) is 28.5. The van der Waals surface area contributed by atoms with Gasteiger partial charge >= 0.3 is 21.0 Å². The predicted molar refractivity (Wildman–Crippen MR) is 278 cm³/mol. The van der Waals surface area contributed by atoms with Crippen LogP contribution in [0.3, 0.4) is 0 Å². The van der Waals surface area contributed by atoms with Crippen molar-refractivity contribution in [3.05, 3.63) is 80.9 Å². The van der Waals surface area contributed by atoms with Gasteiger partial charge in [0.1, 0.15) is 12.2 Å². The number of anilines is 2. The highest BCUT2D eigenvalue weighted by molar-refractivity contribution is 7.99. The molecule has 0 aromatic heterocycles. The van der Waals surface area contributed by atoms with Crippen LogP contribution in [0.25, 0.3) is 10.8 Å². The number of aliphatic hydroxyl groups is 1. The maximum Gasteiger partial charge on any atom is 0.500 e. The summed E-state index contributed by atoms with van der Waals surface area (Å²) < 4.78 is 29.7. The molecule has 4 aliphatic rings. The smallest absolute Gasteiger partial charge is 0.446 e. The lowest BCUT2D eigenvalue weighted by Crippen LogP contribution is -2.63. The number of nitro benzene ring substituents is 2. The summed E-state index contributed by atoms with van der Waals surface area (Å²) in [6.45, 7) is 7.22. The van der Waals surface area contributed by atoms with Crippen molar-refractivity contribution >= 4 is 72.2 Å². The van der Waals surface area contributed by atoms with Crippen molar-refractivity contribution in [1.82, 2.24) is 4.90 Å². The Kier molecular flexibility index (Phi) is 18.0. The van der Waals surface area contributed by atoms with Crippen molar-refractivity contribution in [2.75, 3.05) is 57.1 Å². The molecule has 0 bridgehead atoms. The summed E-state index contributed by atoms with van der Waals surface area (Å²) in [4.78, 5) is 65.7. The van der Waals surface area contributed by atoms with Gasteiger partial charge in [0.15, 0.2) is 0 Å².